The molecule has 1 atom stereocenters. The van der Waals surface area contributed by atoms with Gasteiger partial charge in [-0.05, 0) is 58.0 Å². The van der Waals surface area contributed by atoms with Gasteiger partial charge in [0.05, 0.1) is 6.10 Å². The summed E-state index contributed by atoms with van der Waals surface area (Å²) in [5.74, 6) is 0.875. The van der Waals surface area contributed by atoms with E-state index in [0.29, 0.717) is 11.7 Å². The van der Waals surface area contributed by atoms with Crippen molar-refractivity contribution >= 4 is 17.2 Å². The summed E-state index contributed by atoms with van der Waals surface area (Å²) in [7, 11) is 1.95. The summed E-state index contributed by atoms with van der Waals surface area (Å²) < 4.78 is 5.66. The third-order valence-electron chi connectivity index (χ3n) is 4.31. The first-order chi connectivity index (χ1) is 12.1. The summed E-state index contributed by atoms with van der Waals surface area (Å²) in [5, 5.41) is 5.99. The minimum atomic E-state index is 0.0298. The molecular weight excluding hydrogens is 334 g/mol. The number of carbonyl (C=O) groups is 1. The van der Waals surface area contributed by atoms with Gasteiger partial charge in [0.1, 0.15) is 16.5 Å². The normalized spacial score (nSPS) is 17.8. The Morgan fingerprint density at radius 3 is 2.80 bits per heavy atom. The third-order valence-corrected chi connectivity index (χ3v) is 5.20. The number of piperidine rings is 1. The first-order valence-electron chi connectivity index (χ1n) is 8.76. The second kappa shape index (κ2) is 7.97. The highest BCUT2D eigenvalue weighted by Gasteiger charge is 2.25. The van der Waals surface area contributed by atoms with Gasteiger partial charge < -0.3 is 15.0 Å². The molecule has 1 aromatic carbocycles. The van der Waals surface area contributed by atoms with Gasteiger partial charge in [-0.1, -0.05) is 0 Å². The van der Waals surface area contributed by atoms with Crippen molar-refractivity contribution in [2.75, 3.05) is 20.1 Å². The Balaban J connectivity index is 1.70. The maximum Gasteiger partial charge on any atom is 0.273 e. The van der Waals surface area contributed by atoms with Crippen LogP contribution in [0.2, 0.25) is 0 Å². The van der Waals surface area contributed by atoms with Gasteiger partial charge in [0.15, 0.2) is 0 Å². The predicted octanol–water partition coefficient (Wildman–Crippen LogP) is 3.42. The lowest BCUT2D eigenvalue weighted by molar-refractivity contribution is 0.0693. The minimum Gasteiger partial charge on any atom is -0.491 e. The van der Waals surface area contributed by atoms with E-state index in [-0.39, 0.29) is 12.0 Å². The lowest BCUT2D eigenvalue weighted by Crippen LogP contribution is -2.47. The molecule has 2 heterocycles. The van der Waals surface area contributed by atoms with Crippen LogP contribution in [0.5, 0.6) is 5.75 Å². The number of benzene rings is 1. The number of amides is 1. The number of hydrogen-bond acceptors (Lipinski definition) is 5. The monoisotopic (exact) mass is 359 g/mol. The molecule has 1 N–H and O–H groups in total. The zero-order chi connectivity index (χ0) is 17.8. The quantitative estimate of drug-likeness (QED) is 0.889. The van der Waals surface area contributed by atoms with E-state index in [4.69, 9.17) is 4.74 Å². The zero-order valence-corrected chi connectivity index (χ0v) is 15.8. The molecule has 1 aromatic heterocycles. The molecule has 1 aliphatic rings. The van der Waals surface area contributed by atoms with Crippen molar-refractivity contribution in [3.05, 3.63) is 35.3 Å². The summed E-state index contributed by atoms with van der Waals surface area (Å²) >= 11 is 1.51. The van der Waals surface area contributed by atoms with Crippen LogP contribution in [-0.4, -0.2) is 48.1 Å². The Kier molecular flexibility index (Phi) is 5.71. The minimum absolute atomic E-state index is 0.0298. The molecule has 1 fully saturated rings. The van der Waals surface area contributed by atoms with Gasteiger partial charge in [-0.25, -0.2) is 4.98 Å². The van der Waals surface area contributed by atoms with Gasteiger partial charge in [0.25, 0.3) is 5.91 Å². The Hall–Kier alpha value is -1.92. The van der Waals surface area contributed by atoms with Crippen LogP contribution in [0.15, 0.2) is 29.6 Å². The first-order valence-corrected chi connectivity index (χ1v) is 9.64. The maximum atomic E-state index is 12.7. The summed E-state index contributed by atoms with van der Waals surface area (Å²) in [6.07, 6.45) is 2.31. The van der Waals surface area contributed by atoms with Crippen molar-refractivity contribution in [2.24, 2.45) is 0 Å². The van der Waals surface area contributed by atoms with Crippen LogP contribution in [0.3, 0.4) is 0 Å². The fourth-order valence-corrected chi connectivity index (χ4v) is 3.81. The molecule has 1 saturated heterocycles. The molecule has 0 saturated carbocycles. The fraction of sp³-hybridized carbons (Fsp3) is 0.474. The molecular formula is C19H25N3O2S. The Morgan fingerprint density at radius 2 is 2.12 bits per heavy atom. The molecule has 134 valence electrons. The number of ether oxygens (including phenoxy) is 1. The highest BCUT2D eigenvalue weighted by atomic mass is 32.1. The van der Waals surface area contributed by atoms with Gasteiger partial charge in [-0.15, -0.1) is 11.3 Å². The molecule has 3 rings (SSSR count). The van der Waals surface area contributed by atoms with Crippen molar-refractivity contribution in [1.82, 2.24) is 15.2 Å². The number of likely N-dealkylation sites (tertiary alicyclic amines) is 1. The Morgan fingerprint density at radius 1 is 1.36 bits per heavy atom. The number of nitrogens with zero attached hydrogens (tertiary/aromatic N) is 2. The highest BCUT2D eigenvalue weighted by Crippen LogP contribution is 2.27. The molecule has 0 radical (unpaired) electrons. The first kappa shape index (κ1) is 17.9. The van der Waals surface area contributed by atoms with E-state index in [1.54, 1.807) is 0 Å². The lowest BCUT2D eigenvalue weighted by Gasteiger charge is -2.32. The molecule has 0 bridgehead atoms. The molecule has 0 aliphatic carbocycles. The SMILES string of the molecule is CNC1CCCN(C(=O)c2csc(-c3ccc(OC(C)C)cc3)n2)C1. The van der Waals surface area contributed by atoms with Crippen LogP contribution >= 0.6 is 11.3 Å². The largest absolute Gasteiger partial charge is 0.491 e. The van der Waals surface area contributed by atoms with Gasteiger partial charge >= 0.3 is 0 Å². The van der Waals surface area contributed by atoms with Gasteiger partial charge in [0, 0.05) is 30.1 Å². The standard InChI is InChI=1S/C19H25N3O2S/c1-13(2)24-16-8-6-14(7-9-16)18-21-17(12-25-18)19(23)22-10-4-5-15(11-22)20-3/h6-9,12-13,15,20H,4-5,10-11H2,1-3H3. The number of aromatic nitrogens is 1. The van der Waals surface area contributed by atoms with E-state index in [1.165, 1.54) is 11.3 Å². The van der Waals surface area contributed by atoms with Crippen LogP contribution in [0.1, 0.15) is 37.2 Å². The fourth-order valence-electron chi connectivity index (χ4n) is 3.01. The lowest BCUT2D eigenvalue weighted by atomic mass is 10.1. The van der Waals surface area contributed by atoms with E-state index >= 15 is 0 Å². The zero-order valence-electron chi connectivity index (χ0n) is 15.0. The Labute approximate surface area is 153 Å². The third kappa shape index (κ3) is 4.38. The van der Waals surface area contributed by atoms with E-state index in [1.807, 2.05) is 55.4 Å². The number of likely N-dealkylation sites (N-methyl/N-ethyl adjacent to an activating group) is 1. The van der Waals surface area contributed by atoms with Crippen LogP contribution in [0, 0.1) is 0 Å². The summed E-state index contributed by atoms with van der Waals surface area (Å²) in [6, 6.07) is 8.25. The van der Waals surface area contributed by atoms with Crippen LogP contribution < -0.4 is 10.1 Å². The van der Waals surface area contributed by atoms with Crippen molar-refractivity contribution in [1.29, 1.82) is 0 Å². The predicted molar refractivity (Wildman–Crippen MR) is 101 cm³/mol. The molecule has 6 heteroatoms. The van der Waals surface area contributed by atoms with Crippen LogP contribution in [0.25, 0.3) is 10.6 Å². The van der Waals surface area contributed by atoms with Gasteiger partial charge in [-0.3, -0.25) is 4.79 Å². The second-order valence-corrected chi connectivity index (χ2v) is 7.47. The van der Waals surface area contributed by atoms with E-state index in [9.17, 15) is 4.79 Å². The van der Waals surface area contributed by atoms with E-state index in [0.717, 1.165) is 42.3 Å². The second-order valence-electron chi connectivity index (χ2n) is 6.61. The van der Waals surface area contributed by atoms with Crippen molar-refractivity contribution in [3.63, 3.8) is 0 Å². The number of nitrogens with one attached hydrogen (secondary N) is 1. The summed E-state index contributed by atoms with van der Waals surface area (Å²) in [5.41, 5.74) is 1.55. The Bertz CT molecular complexity index is 712. The number of hydrogen-bond donors (Lipinski definition) is 1. The molecule has 25 heavy (non-hydrogen) atoms. The average Bonchev–Trinajstić information content (AvgIpc) is 3.11. The number of carbonyl (C=O) groups excluding carboxylic acids is 1. The molecule has 1 amide bonds. The van der Waals surface area contributed by atoms with Crippen LogP contribution in [0.4, 0.5) is 0 Å². The summed E-state index contributed by atoms with van der Waals surface area (Å²) in [6.45, 7) is 5.58. The molecule has 2 aromatic rings. The topological polar surface area (TPSA) is 54.5 Å². The summed E-state index contributed by atoms with van der Waals surface area (Å²) in [4.78, 5) is 19.2. The highest BCUT2D eigenvalue weighted by molar-refractivity contribution is 7.13. The van der Waals surface area contributed by atoms with Gasteiger partial charge in [-0.2, -0.15) is 0 Å². The molecule has 1 unspecified atom stereocenters. The van der Waals surface area contributed by atoms with E-state index < -0.39 is 0 Å². The van der Waals surface area contributed by atoms with Crippen molar-refractivity contribution in [3.8, 4) is 16.3 Å². The van der Waals surface area contributed by atoms with E-state index in [2.05, 4.69) is 10.3 Å². The molecule has 1 aliphatic heterocycles. The van der Waals surface area contributed by atoms with Crippen LogP contribution in [-0.2, 0) is 0 Å². The molecule has 5 nitrogen and oxygen atoms in total. The average molecular weight is 359 g/mol. The van der Waals surface area contributed by atoms with Crippen molar-refractivity contribution in [2.45, 2.75) is 38.8 Å². The smallest absolute Gasteiger partial charge is 0.273 e. The number of rotatable bonds is 5. The van der Waals surface area contributed by atoms with Crippen molar-refractivity contribution < 1.29 is 9.53 Å². The number of thiazole rings is 1. The van der Waals surface area contributed by atoms with Gasteiger partial charge in [0.2, 0.25) is 0 Å². The molecule has 0 spiro atoms. The maximum absolute atomic E-state index is 12.7.